The van der Waals surface area contributed by atoms with E-state index in [1.807, 2.05) is 0 Å². The molecule has 3 rings (SSSR count). The SMILES string of the molecule is Cn1cc2c(c1C#N)CC(=O)Nc1ccc(CS(C)(=O)=O)cc1-2. The number of benzene rings is 1. The van der Waals surface area contributed by atoms with E-state index in [0.717, 1.165) is 11.1 Å². The zero-order valence-corrected chi connectivity index (χ0v) is 13.6. The van der Waals surface area contributed by atoms with Crippen LogP contribution in [-0.4, -0.2) is 25.1 Å². The molecule has 0 saturated carbocycles. The third-order valence-corrected chi connectivity index (χ3v) is 4.66. The van der Waals surface area contributed by atoms with Gasteiger partial charge in [-0.2, -0.15) is 5.26 Å². The lowest BCUT2D eigenvalue weighted by atomic mass is 9.99. The number of rotatable bonds is 2. The molecule has 1 amide bonds. The normalized spacial score (nSPS) is 13.5. The van der Waals surface area contributed by atoms with Crippen LogP contribution >= 0.6 is 0 Å². The Morgan fingerprint density at radius 3 is 2.74 bits per heavy atom. The largest absolute Gasteiger partial charge is 0.342 e. The van der Waals surface area contributed by atoms with E-state index in [4.69, 9.17) is 0 Å². The van der Waals surface area contributed by atoms with Gasteiger partial charge < -0.3 is 9.88 Å². The minimum Gasteiger partial charge on any atom is -0.342 e. The van der Waals surface area contributed by atoms with Gasteiger partial charge in [0.25, 0.3) is 0 Å². The van der Waals surface area contributed by atoms with Gasteiger partial charge in [0, 0.05) is 41.9 Å². The molecular formula is C16H15N3O3S. The maximum atomic E-state index is 12.1. The fourth-order valence-corrected chi connectivity index (χ4v) is 3.69. The van der Waals surface area contributed by atoms with Crippen molar-refractivity contribution in [3.8, 4) is 17.2 Å². The van der Waals surface area contributed by atoms with Gasteiger partial charge in [0.15, 0.2) is 9.84 Å². The van der Waals surface area contributed by atoms with Crippen molar-refractivity contribution in [1.82, 2.24) is 4.57 Å². The Labute approximate surface area is 134 Å². The van der Waals surface area contributed by atoms with Gasteiger partial charge in [0.2, 0.25) is 5.91 Å². The third-order valence-electron chi connectivity index (χ3n) is 3.81. The maximum absolute atomic E-state index is 12.1. The molecule has 2 heterocycles. The molecule has 118 valence electrons. The lowest BCUT2D eigenvalue weighted by Gasteiger charge is -2.09. The molecule has 0 fully saturated rings. The molecule has 7 heteroatoms. The van der Waals surface area contributed by atoms with Gasteiger partial charge in [-0.1, -0.05) is 6.07 Å². The second kappa shape index (κ2) is 5.25. The van der Waals surface area contributed by atoms with Gasteiger partial charge in [0.1, 0.15) is 11.8 Å². The second-order valence-corrected chi connectivity index (χ2v) is 7.91. The lowest BCUT2D eigenvalue weighted by molar-refractivity contribution is -0.115. The van der Waals surface area contributed by atoms with Crippen molar-refractivity contribution >= 4 is 21.4 Å². The van der Waals surface area contributed by atoms with Gasteiger partial charge >= 0.3 is 0 Å². The van der Waals surface area contributed by atoms with Gasteiger partial charge in [-0.05, 0) is 17.7 Å². The van der Waals surface area contributed by atoms with Gasteiger partial charge in [0.05, 0.1) is 12.2 Å². The number of amides is 1. The highest BCUT2D eigenvalue weighted by molar-refractivity contribution is 7.89. The number of carbonyl (C=O) groups is 1. The molecule has 0 aliphatic carbocycles. The molecule has 1 aromatic heterocycles. The van der Waals surface area contributed by atoms with Crippen LogP contribution in [-0.2, 0) is 33.9 Å². The van der Waals surface area contributed by atoms with Crippen LogP contribution in [0.3, 0.4) is 0 Å². The number of nitriles is 1. The summed E-state index contributed by atoms with van der Waals surface area (Å²) in [6, 6.07) is 7.29. The minimum absolute atomic E-state index is 0.0680. The highest BCUT2D eigenvalue weighted by atomic mass is 32.2. The molecular weight excluding hydrogens is 314 g/mol. The highest BCUT2D eigenvalue weighted by Crippen LogP contribution is 2.37. The summed E-state index contributed by atoms with van der Waals surface area (Å²) in [4.78, 5) is 12.1. The number of nitrogens with zero attached hydrogens (tertiary/aromatic N) is 2. The number of hydrogen-bond donors (Lipinski definition) is 1. The van der Waals surface area contributed by atoms with E-state index in [9.17, 15) is 18.5 Å². The summed E-state index contributed by atoms with van der Waals surface area (Å²) < 4.78 is 24.7. The molecule has 6 nitrogen and oxygen atoms in total. The third kappa shape index (κ3) is 2.85. The van der Waals surface area contributed by atoms with Gasteiger partial charge in [-0.15, -0.1) is 0 Å². The molecule has 1 aromatic carbocycles. The zero-order valence-electron chi connectivity index (χ0n) is 12.8. The Bertz CT molecular complexity index is 965. The number of anilines is 1. The van der Waals surface area contributed by atoms with Crippen molar-refractivity contribution in [3.63, 3.8) is 0 Å². The first-order valence-electron chi connectivity index (χ1n) is 6.97. The summed E-state index contributed by atoms with van der Waals surface area (Å²) in [5.41, 5.74) is 3.91. The van der Waals surface area contributed by atoms with E-state index >= 15 is 0 Å². The number of aromatic nitrogens is 1. The number of fused-ring (bicyclic) bond motifs is 3. The molecule has 0 saturated heterocycles. The maximum Gasteiger partial charge on any atom is 0.228 e. The molecule has 0 radical (unpaired) electrons. The van der Waals surface area contributed by atoms with Crippen LogP contribution in [0.2, 0.25) is 0 Å². The number of nitrogens with one attached hydrogen (secondary N) is 1. The first-order valence-corrected chi connectivity index (χ1v) is 9.03. The summed E-state index contributed by atoms with van der Waals surface area (Å²) in [6.07, 6.45) is 3.11. The first kappa shape index (κ1) is 15.3. The van der Waals surface area contributed by atoms with Crippen LogP contribution in [0.1, 0.15) is 16.8 Å². The smallest absolute Gasteiger partial charge is 0.228 e. The topological polar surface area (TPSA) is 92.0 Å². The van der Waals surface area contributed by atoms with Crippen LogP contribution in [0.25, 0.3) is 11.1 Å². The fraction of sp³-hybridized carbons (Fsp3) is 0.250. The van der Waals surface area contributed by atoms with Crippen LogP contribution < -0.4 is 5.32 Å². The van der Waals surface area contributed by atoms with Crippen molar-refractivity contribution in [3.05, 3.63) is 41.2 Å². The highest BCUT2D eigenvalue weighted by Gasteiger charge is 2.24. The predicted octanol–water partition coefficient (Wildman–Crippen LogP) is 1.60. The number of carbonyl (C=O) groups excluding carboxylic acids is 1. The van der Waals surface area contributed by atoms with Crippen LogP contribution in [0.5, 0.6) is 0 Å². The summed E-state index contributed by atoms with van der Waals surface area (Å²) in [5, 5.41) is 12.1. The molecule has 2 aromatic rings. The van der Waals surface area contributed by atoms with Crippen molar-refractivity contribution < 1.29 is 13.2 Å². The first-order chi connectivity index (χ1) is 10.8. The van der Waals surface area contributed by atoms with E-state index in [2.05, 4.69) is 11.4 Å². The van der Waals surface area contributed by atoms with Crippen molar-refractivity contribution in [2.24, 2.45) is 7.05 Å². The van der Waals surface area contributed by atoms with Crippen LogP contribution in [0, 0.1) is 11.3 Å². The molecule has 0 atom stereocenters. The average Bonchev–Trinajstić information content (AvgIpc) is 2.67. The van der Waals surface area contributed by atoms with Crippen LogP contribution in [0.4, 0.5) is 5.69 Å². The van der Waals surface area contributed by atoms with E-state index in [0.29, 0.717) is 22.5 Å². The summed E-state index contributed by atoms with van der Waals surface area (Å²) in [5.74, 6) is -0.259. The average molecular weight is 329 g/mol. The monoisotopic (exact) mass is 329 g/mol. The van der Waals surface area contributed by atoms with Crippen molar-refractivity contribution in [1.29, 1.82) is 5.26 Å². The quantitative estimate of drug-likeness (QED) is 0.906. The number of hydrogen-bond acceptors (Lipinski definition) is 4. The minimum atomic E-state index is -3.15. The molecule has 0 unspecified atom stereocenters. The zero-order chi connectivity index (χ0) is 16.8. The second-order valence-electron chi connectivity index (χ2n) is 5.77. The van der Waals surface area contributed by atoms with Gasteiger partial charge in [-0.3, -0.25) is 4.79 Å². The molecule has 1 N–H and O–H groups in total. The lowest BCUT2D eigenvalue weighted by Crippen LogP contribution is -2.13. The summed E-state index contributed by atoms with van der Waals surface area (Å²) in [7, 11) is -1.40. The Morgan fingerprint density at radius 2 is 2.09 bits per heavy atom. The summed E-state index contributed by atoms with van der Waals surface area (Å²) >= 11 is 0. The van der Waals surface area contributed by atoms with Gasteiger partial charge in [-0.25, -0.2) is 8.42 Å². The Kier molecular flexibility index (Phi) is 3.49. The van der Waals surface area contributed by atoms with E-state index in [1.165, 1.54) is 6.26 Å². The molecule has 23 heavy (non-hydrogen) atoms. The van der Waals surface area contributed by atoms with Crippen molar-refractivity contribution in [2.45, 2.75) is 12.2 Å². The molecule has 0 bridgehead atoms. The van der Waals surface area contributed by atoms with E-state index < -0.39 is 9.84 Å². The molecule has 1 aliphatic rings. The molecule has 0 spiro atoms. The predicted molar refractivity (Wildman–Crippen MR) is 86.4 cm³/mol. The summed E-state index contributed by atoms with van der Waals surface area (Å²) in [6.45, 7) is 0. The Balaban J connectivity index is 2.23. The van der Waals surface area contributed by atoms with Crippen molar-refractivity contribution in [2.75, 3.05) is 11.6 Å². The Morgan fingerprint density at radius 1 is 1.35 bits per heavy atom. The molecule has 1 aliphatic heterocycles. The Hall–Kier alpha value is -2.59. The number of aryl methyl sites for hydroxylation is 1. The van der Waals surface area contributed by atoms with E-state index in [1.54, 1.807) is 36.0 Å². The standard InChI is InChI=1S/C16H15N3O3S/c1-19-8-13-11-5-10(9-23(2,21)22)3-4-14(11)18-16(20)6-12(13)15(19)7-17/h3-5,8H,6,9H2,1-2H3,(H,18,20). The van der Waals surface area contributed by atoms with E-state index in [-0.39, 0.29) is 18.1 Å². The van der Waals surface area contributed by atoms with Crippen LogP contribution in [0.15, 0.2) is 24.4 Å². The number of sulfone groups is 1. The fourth-order valence-electron chi connectivity index (χ4n) is 2.90.